The number of thiazole rings is 1. The first kappa shape index (κ1) is 16.2. The van der Waals surface area contributed by atoms with Crippen molar-refractivity contribution < 1.29 is 17.9 Å². The second-order valence-electron chi connectivity index (χ2n) is 3.72. The van der Waals surface area contributed by atoms with Crippen LogP contribution in [0.2, 0.25) is 9.49 Å². The summed E-state index contributed by atoms with van der Waals surface area (Å²) in [6.07, 6.45) is 1.17. The lowest BCUT2D eigenvalue weighted by Gasteiger charge is -2.13. The van der Waals surface area contributed by atoms with Crippen molar-refractivity contribution in [2.75, 3.05) is 18.9 Å². The van der Waals surface area contributed by atoms with Gasteiger partial charge < -0.3 is 9.47 Å². The fourth-order valence-corrected chi connectivity index (χ4v) is 4.09. The van der Waals surface area contributed by atoms with E-state index in [2.05, 4.69) is 9.71 Å². The van der Waals surface area contributed by atoms with E-state index in [0.717, 1.165) is 11.3 Å². The van der Waals surface area contributed by atoms with Crippen LogP contribution >= 0.6 is 34.5 Å². The number of aromatic nitrogens is 1. The second-order valence-corrected chi connectivity index (χ2v) is 7.65. The van der Waals surface area contributed by atoms with E-state index >= 15 is 0 Å². The van der Waals surface area contributed by atoms with Crippen molar-refractivity contribution in [3.63, 3.8) is 0 Å². The van der Waals surface area contributed by atoms with Crippen molar-refractivity contribution in [2.24, 2.45) is 0 Å². The van der Waals surface area contributed by atoms with Gasteiger partial charge >= 0.3 is 0 Å². The Morgan fingerprint density at radius 1 is 1.19 bits per heavy atom. The molecule has 6 nitrogen and oxygen atoms in total. The first-order chi connectivity index (χ1) is 9.87. The quantitative estimate of drug-likeness (QED) is 0.875. The molecule has 1 aromatic carbocycles. The van der Waals surface area contributed by atoms with Crippen LogP contribution in [0.3, 0.4) is 0 Å². The third-order valence-electron chi connectivity index (χ3n) is 2.44. The van der Waals surface area contributed by atoms with Gasteiger partial charge in [-0.3, -0.25) is 4.72 Å². The van der Waals surface area contributed by atoms with Crippen LogP contribution in [0.15, 0.2) is 22.5 Å². The SMILES string of the molecule is COc1cc(OC)c(NS(=O)(=O)c2cnc(Cl)s2)cc1Cl. The highest BCUT2D eigenvalue weighted by atomic mass is 35.5. The highest BCUT2D eigenvalue weighted by Crippen LogP contribution is 2.37. The largest absolute Gasteiger partial charge is 0.495 e. The molecule has 0 saturated carbocycles. The molecular weight excluding hydrogens is 359 g/mol. The maximum Gasteiger partial charge on any atom is 0.273 e. The summed E-state index contributed by atoms with van der Waals surface area (Å²) < 4.78 is 37.1. The van der Waals surface area contributed by atoms with Gasteiger partial charge in [0.05, 0.1) is 31.1 Å². The van der Waals surface area contributed by atoms with Crippen LogP contribution in [-0.4, -0.2) is 27.6 Å². The first-order valence-electron chi connectivity index (χ1n) is 5.43. The molecule has 0 radical (unpaired) electrons. The summed E-state index contributed by atoms with van der Waals surface area (Å²) in [7, 11) is -0.964. The predicted molar refractivity (Wildman–Crippen MR) is 82.5 cm³/mol. The fraction of sp³-hybridized carbons (Fsp3) is 0.182. The Hall–Kier alpha value is -1.22. The van der Waals surface area contributed by atoms with Gasteiger partial charge in [-0.1, -0.05) is 34.5 Å². The number of hydrogen-bond donors (Lipinski definition) is 1. The van der Waals surface area contributed by atoms with E-state index in [-0.39, 0.29) is 25.1 Å². The normalized spacial score (nSPS) is 11.2. The molecule has 0 aliphatic heterocycles. The molecule has 0 amide bonds. The van der Waals surface area contributed by atoms with Crippen LogP contribution < -0.4 is 14.2 Å². The molecule has 0 aliphatic rings. The van der Waals surface area contributed by atoms with Gasteiger partial charge in [-0.25, -0.2) is 13.4 Å². The van der Waals surface area contributed by atoms with Crippen molar-refractivity contribution in [2.45, 2.75) is 4.21 Å². The zero-order chi connectivity index (χ0) is 15.6. The molecule has 0 unspecified atom stereocenters. The topological polar surface area (TPSA) is 77.5 Å². The molecule has 1 heterocycles. The zero-order valence-corrected chi connectivity index (χ0v) is 14.0. The molecule has 2 rings (SSSR count). The zero-order valence-electron chi connectivity index (χ0n) is 10.9. The van der Waals surface area contributed by atoms with E-state index in [1.54, 1.807) is 0 Å². The maximum absolute atomic E-state index is 12.2. The number of hydrogen-bond acceptors (Lipinski definition) is 6. The van der Waals surface area contributed by atoms with Gasteiger partial charge in [0.2, 0.25) is 0 Å². The number of nitrogens with one attached hydrogen (secondary N) is 1. The van der Waals surface area contributed by atoms with Crippen LogP contribution in [0.4, 0.5) is 5.69 Å². The number of halogens is 2. The van der Waals surface area contributed by atoms with Crippen LogP contribution in [0.5, 0.6) is 11.5 Å². The number of benzene rings is 1. The molecule has 0 saturated heterocycles. The minimum Gasteiger partial charge on any atom is -0.495 e. The molecule has 0 fully saturated rings. The molecular formula is C11H10Cl2N2O4S2. The van der Waals surface area contributed by atoms with Gasteiger partial charge in [-0.2, -0.15) is 0 Å². The van der Waals surface area contributed by atoms with Crippen LogP contribution in [0.1, 0.15) is 0 Å². The number of sulfonamides is 1. The average molecular weight is 369 g/mol. The monoisotopic (exact) mass is 368 g/mol. The lowest BCUT2D eigenvalue weighted by Crippen LogP contribution is -2.12. The first-order valence-corrected chi connectivity index (χ1v) is 8.48. The minimum atomic E-state index is -3.82. The summed E-state index contributed by atoms with van der Waals surface area (Å²) in [5, 5.41) is 0.248. The number of methoxy groups -OCH3 is 2. The summed E-state index contributed by atoms with van der Waals surface area (Å²) in [6, 6.07) is 2.89. The van der Waals surface area contributed by atoms with Crippen molar-refractivity contribution in [1.29, 1.82) is 0 Å². The molecule has 0 atom stereocenters. The van der Waals surface area contributed by atoms with Gasteiger partial charge in [0.1, 0.15) is 11.5 Å². The van der Waals surface area contributed by atoms with Crippen molar-refractivity contribution in [1.82, 2.24) is 4.98 Å². The Kier molecular flexibility index (Phi) is 4.82. The fourth-order valence-electron chi connectivity index (χ4n) is 1.50. The molecule has 0 spiro atoms. The van der Waals surface area contributed by atoms with Gasteiger partial charge in [0.25, 0.3) is 10.0 Å². The molecule has 1 N–H and O–H groups in total. The van der Waals surface area contributed by atoms with Crippen LogP contribution in [-0.2, 0) is 10.0 Å². The molecule has 0 aliphatic carbocycles. The van der Waals surface area contributed by atoms with E-state index in [1.165, 1.54) is 32.5 Å². The van der Waals surface area contributed by atoms with E-state index in [9.17, 15) is 8.42 Å². The Morgan fingerprint density at radius 2 is 1.86 bits per heavy atom. The Morgan fingerprint density at radius 3 is 2.38 bits per heavy atom. The van der Waals surface area contributed by atoms with Crippen LogP contribution in [0.25, 0.3) is 0 Å². The summed E-state index contributed by atoms with van der Waals surface area (Å²) in [6.45, 7) is 0. The van der Waals surface area contributed by atoms with Gasteiger partial charge in [0.15, 0.2) is 8.68 Å². The Labute approximate surface area is 135 Å². The van der Waals surface area contributed by atoms with Crippen LogP contribution in [0, 0.1) is 0 Å². The summed E-state index contributed by atoms with van der Waals surface area (Å²) >= 11 is 12.5. The van der Waals surface area contributed by atoms with E-state index in [4.69, 9.17) is 32.7 Å². The lowest BCUT2D eigenvalue weighted by atomic mass is 10.3. The highest BCUT2D eigenvalue weighted by molar-refractivity contribution is 7.94. The van der Waals surface area contributed by atoms with E-state index < -0.39 is 10.0 Å². The highest BCUT2D eigenvalue weighted by Gasteiger charge is 2.21. The van der Waals surface area contributed by atoms with E-state index in [1.807, 2.05) is 0 Å². The molecule has 114 valence electrons. The van der Waals surface area contributed by atoms with Gasteiger partial charge in [-0.15, -0.1) is 0 Å². The van der Waals surface area contributed by atoms with Gasteiger partial charge in [-0.05, 0) is 6.07 Å². The molecule has 21 heavy (non-hydrogen) atoms. The van der Waals surface area contributed by atoms with Crippen molar-refractivity contribution >= 4 is 50.2 Å². The summed E-state index contributed by atoms with van der Waals surface area (Å²) in [5.41, 5.74) is 0.188. The molecule has 2 aromatic rings. The van der Waals surface area contributed by atoms with Crippen molar-refractivity contribution in [3.05, 3.63) is 27.8 Å². The Bertz CT molecular complexity index is 762. The number of anilines is 1. The standard InChI is InChI=1S/C11H10Cl2N2O4S2/c1-18-8-4-9(19-2)7(3-6(8)12)15-21(16,17)10-5-14-11(13)20-10/h3-5,15H,1-2H3. The Balaban J connectivity index is 2.41. The van der Waals surface area contributed by atoms with Crippen molar-refractivity contribution in [3.8, 4) is 11.5 Å². The van der Waals surface area contributed by atoms with Gasteiger partial charge in [0, 0.05) is 6.07 Å². The summed E-state index contributed by atoms with van der Waals surface area (Å²) in [5.74, 6) is 0.646. The third kappa shape index (κ3) is 3.52. The lowest BCUT2D eigenvalue weighted by molar-refractivity contribution is 0.396. The number of ether oxygens (including phenoxy) is 2. The number of rotatable bonds is 5. The minimum absolute atomic E-state index is 0.0125. The number of nitrogens with zero attached hydrogens (tertiary/aromatic N) is 1. The maximum atomic E-state index is 12.2. The molecule has 10 heteroatoms. The smallest absolute Gasteiger partial charge is 0.273 e. The predicted octanol–water partition coefficient (Wildman–Crippen LogP) is 3.27. The third-order valence-corrected chi connectivity index (χ3v) is 5.68. The summed E-state index contributed by atoms with van der Waals surface area (Å²) in [4.78, 5) is 3.70. The molecule has 0 bridgehead atoms. The van der Waals surface area contributed by atoms with E-state index in [0.29, 0.717) is 5.75 Å². The molecule has 1 aromatic heterocycles. The average Bonchev–Trinajstić information content (AvgIpc) is 2.86. The second kappa shape index (κ2) is 6.27.